The van der Waals surface area contributed by atoms with Gasteiger partial charge in [0.2, 0.25) is 5.60 Å². The molecule has 0 bridgehead atoms. The smallest absolute Gasteiger partial charge is 0.412 e. The Hall–Kier alpha value is -4.39. The number of fused-ring (bicyclic) bond motifs is 4. The summed E-state index contributed by atoms with van der Waals surface area (Å²) in [6.45, 7) is 5.77. The Labute approximate surface area is 233 Å². The van der Waals surface area contributed by atoms with Crippen molar-refractivity contribution >= 4 is 34.9 Å². The van der Waals surface area contributed by atoms with Gasteiger partial charge in [0.1, 0.15) is 5.60 Å². The molecule has 1 aliphatic carbocycles. The summed E-state index contributed by atoms with van der Waals surface area (Å²) in [4.78, 5) is 42.7. The van der Waals surface area contributed by atoms with Crippen LogP contribution in [0.1, 0.15) is 56.7 Å². The van der Waals surface area contributed by atoms with E-state index < -0.39 is 23.3 Å². The van der Waals surface area contributed by atoms with Gasteiger partial charge >= 0.3 is 12.1 Å². The minimum Gasteiger partial charge on any atom is -0.444 e. The number of carbonyl (C=O) groups is 3. The third kappa shape index (κ3) is 4.26. The van der Waals surface area contributed by atoms with E-state index in [1.807, 2.05) is 60.7 Å². The summed E-state index contributed by atoms with van der Waals surface area (Å²) in [7, 11) is 0. The number of anilines is 2. The summed E-state index contributed by atoms with van der Waals surface area (Å²) in [5, 5.41) is 2.81. The van der Waals surface area contributed by atoms with E-state index in [1.165, 1.54) is 0 Å². The van der Waals surface area contributed by atoms with Crippen LogP contribution in [0.3, 0.4) is 0 Å². The number of carbonyl (C=O) groups excluding carboxylic acids is 3. The average Bonchev–Trinajstić information content (AvgIpc) is 3.48. The lowest BCUT2D eigenvalue weighted by Gasteiger charge is -2.39. The van der Waals surface area contributed by atoms with Crippen LogP contribution >= 0.6 is 0 Å². The lowest BCUT2D eigenvalue weighted by molar-refractivity contribution is -0.169. The lowest BCUT2D eigenvalue weighted by Crippen LogP contribution is -2.51. The van der Waals surface area contributed by atoms with Gasteiger partial charge in [-0.3, -0.25) is 10.1 Å². The molecule has 7 nitrogen and oxygen atoms in total. The number of rotatable bonds is 4. The summed E-state index contributed by atoms with van der Waals surface area (Å²) in [5.74, 6) is -1.07. The van der Waals surface area contributed by atoms with Gasteiger partial charge in [0.05, 0.1) is 23.5 Å². The molecule has 2 atom stereocenters. The van der Waals surface area contributed by atoms with E-state index in [9.17, 15) is 14.4 Å². The van der Waals surface area contributed by atoms with Gasteiger partial charge in [-0.25, -0.2) is 9.59 Å². The van der Waals surface area contributed by atoms with E-state index >= 15 is 0 Å². The monoisotopic (exact) mass is 536 g/mol. The Balaban J connectivity index is 1.43. The fourth-order valence-corrected chi connectivity index (χ4v) is 6.31. The van der Waals surface area contributed by atoms with Crippen LogP contribution in [-0.4, -0.2) is 23.6 Å². The van der Waals surface area contributed by atoms with Crippen molar-refractivity contribution in [1.29, 1.82) is 0 Å². The highest BCUT2D eigenvalue weighted by molar-refractivity contribution is 6.23. The summed E-state index contributed by atoms with van der Waals surface area (Å²) in [6.07, 6.45) is 1.61. The molecule has 3 aromatic carbocycles. The maximum Gasteiger partial charge on any atom is 0.412 e. The normalized spacial score (nSPS) is 21.8. The molecule has 1 fully saturated rings. The fraction of sp³-hybridized carbons (Fsp3) is 0.303. The highest BCUT2D eigenvalue weighted by atomic mass is 16.6. The molecule has 0 saturated heterocycles. The van der Waals surface area contributed by atoms with Crippen molar-refractivity contribution < 1.29 is 23.9 Å². The second kappa shape index (κ2) is 9.66. The summed E-state index contributed by atoms with van der Waals surface area (Å²) >= 11 is 0. The molecule has 204 valence electrons. The van der Waals surface area contributed by atoms with Gasteiger partial charge in [-0.1, -0.05) is 66.7 Å². The number of para-hydroxylation sites is 2. The van der Waals surface area contributed by atoms with E-state index in [2.05, 4.69) is 5.32 Å². The summed E-state index contributed by atoms with van der Waals surface area (Å²) < 4.78 is 11.8. The first-order valence-electron chi connectivity index (χ1n) is 13.7. The van der Waals surface area contributed by atoms with Gasteiger partial charge in [-0.05, 0) is 63.3 Å². The first kappa shape index (κ1) is 25.9. The zero-order valence-electron chi connectivity index (χ0n) is 22.9. The zero-order valence-corrected chi connectivity index (χ0v) is 22.9. The molecule has 2 heterocycles. The minimum absolute atomic E-state index is 0.213. The van der Waals surface area contributed by atoms with Crippen LogP contribution in [0.2, 0.25) is 0 Å². The number of nitrogens with one attached hydrogen (secondary N) is 1. The van der Waals surface area contributed by atoms with Crippen LogP contribution in [0.4, 0.5) is 16.2 Å². The van der Waals surface area contributed by atoms with Crippen molar-refractivity contribution in [3.63, 3.8) is 0 Å². The van der Waals surface area contributed by atoms with Crippen LogP contribution in [0.15, 0.2) is 84.4 Å². The van der Waals surface area contributed by atoms with Gasteiger partial charge in [-0.2, -0.15) is 0 Å². The highest BCUT2D eigenvalue weighted by Gasteiger charge is 2.63. The van der Waals surface area contributed by atoms with Crippen molar-refractivity contribution in [2.45, 2.75) is 57.8 Å². The van der Waals surface area contributed by atoms with E-state index in [-0.39, 0.29) is 11.8 Å². The standard InChI is InChI=1S/C33H32N2O5/c1-32(2,3)40-31(38)34-26-18-9-7-14-23(26)28-22-15-11-17-24(22)33(39-29(28)36)25-16-8-10-19-27(25)35(30(33)37)20-21-12-5-4-6-13-21/h4-10,12-14,16,18-19,24H,11,15,17,20H2,1-3H3,(H,34,38)/t24-,33+/m1/s1. The molecule has 1 saturated carbocycles. The summed E-state index contributed by atoms with van der Waals surface area (Å²) in [5.41, 5.74) is 2.76. The van der Waals surface area contributed by atoms with Gasteiger partial charge in [-0.15, -0.1) is 0 Å². The fourth-order valence-electron chi connectivity index (χ4n) is 6.31. The Morgan fingerprint density at radius 3 is 2.48 bits per heavy atom. The van der Waals surface area contributed by atoms with E-state index in [0.29, 0.717) is 36.2 Å². The molecule has 1 spiro atoms. The van der Waals surface area contributed by atoms with Crippen LogP contribution < -0.4 is 10.2 Å². The molecule has 7 heteroatoms. The topological polar surface area (TPSA) is 84.9 Å². The second-order valence-electron chi connectivity index (χ2n) is 11.5. The van der Waals surface area contributed by atoms with E-state index in [4.69, 9.17) is 9.47 Å². The van der Waals surface area contributed by atoms with E-state index in [1.54, 1.807) is 43.9 Å². The van der Waals surface area contributed by atoms with Crippen molar-refractivity contribution in [3.8, 4) is 0 Å². The number of hydrogen-bond acceptors (Lipinski definition) is 5. The molecule has 0 unspecified atom stereocenters. The van der Waals surface area contributed by atoms with Crippen LogP contribution in [0, 0.1) is 5.92 Å². The van der Waals surface area contributed by atoms with Crippen LogP contribution in [0.25, 0.3) is 5.57 Å². The number of esters is 1. The molecule has 3 aliphatic rings. The largest absolute Gasteiger partial charge is 0.444 e. The van der Waals surface area contributed by atoms with Gasteiger partial charge in [0, 0.05) is 17.0 Å². The van der Waals surface area contributed by atoms with Crippen molar-refractivity contribution in [1.82, 2.24) is 0 Å². The maximum absolute atomic E-state index is 14.4. The molecule has 40 heavy (non-hydrogen) atoms. The number of amides is 2. The third-order valence-corrected chi connectivity index (χ3v) is 7.80. The van der Waals surface area contributed by atoms with Gasteiger partial charge < -0.3 is 14.4 Å². The average molecular weight is 537 g/mol. The van der Waals surface area contributed by atoms with Gasteiger partial charge in [0.15, 0.2) is 0 Å². The highest BCUT2D eigenvalue weighted by Crippen LogP contribution is 2.58. The van der Waals surface area contributed by atoms with Crippen LogP contribution in [-0.2, 0) is 31.2 Å². The molecular formula is C33H32N2O5. The molecule has 1 N–H and O–H groups in total. The van der Waals surface area contributed by atoms with Crippen molar-refractivity contribution in [2.75, 3.05) is 10.2 Å². The lowest BCUT2D eigenvalue weighted by atomic mass is 9.74. The van der Waals surface area contributed by atoms with Crippen molar-refractivity contribution in [2.24, 2.45) is 5.92 Å². The van der Waals surface area contributed by atoms with Crippen LogP contribution in [0.5, 0.6) is 0 Å². The zero-order chi connectivity index (χ0) is 28.1. The quantitative estimate of drug-likeness (QED) is 0.381. The number of nitrogens with zero attached hydrogens (tertiary/aromatic N) is 1. The Bertz CT molecular complexity index is 1540. The molecule has 2 aliphatic heterocycles. The molecule has 0 aromatic heterocycles. The first-order chi connectivity index (χ1) is 19.2. The predicted molar refractivity (Wildman–Crippen MR) is 152 cm³/mol. The van der Waals surface area contributed by atoms with E-state index in [0.717, 1.165) is 28.8 Å². The Kier molecular flexibility index (Phi) is 6.25. The molecule has 0 radical (unpaired) electrons. The Morgan fingerprint density at radius 1 is 1.00 bits per heavy atom. The molecule has 6 rings (SSSR count). The molecule has 2 amide bonds. The first-order valence-corrected chi connectivity index (χ1v) is 13.7. The maximum atomic E-state index is 14.4. The second-order valence-corrected chi connectivity index (χ2v) is 11.5. The molecular weight excluding hydrogens is 504 g/mol. The molecule has 3 aromatic rings. The minimum atomic E-state index is -1.41. The summed E-state index contributed by atoms with van der Waals surface area (Å²) in [6, 6.07) is 24.6. The third-order valence-electron chi connectivity index (χ3n) is 7.80. The predicted octanol–water partition coefficient (Wildman–Crippen LogP) is 6.59. The van der Waals surface area contributed by atoms with Crippen molar-refractivity contribution in [3.05, 3.63) is 101 Å². The number of benzene rings is 3. The number of hydrogen-bond donors (Lipinski definition) is 1. The number of ether oxygens (including phenoxy) is 2. The SMILES string of the molecule is CC(C)(C)OC(=O)Nc1ccccc1C1=C2CCC[C@H]2[C@@]2(OC1=O)C(=O)N(Cc1ccccc1)c1ccccc12. The van der Waals surface area contributed by atoms with Gasteiger partial charge in [0.25, 0.3) is 5.91 Å². The Morgan fingerprint density at radius 2 is 1.70 bits per heavy atom.